The van der Waals surface area contributed by atoms with E-state index in [0.29, 0.717) is 31.6 Å². The summed E-state index contributed by atoms with van der Waals surface area (Å²) < 4.78 is 6.06. The predicted octanol–water partition coefficient (Wildman–Crippen LogP) is -0.512. The minimum Gasteiger partial charge on any atom is -0.402 e. The van der Waals surface area contributed by atoms with Crippen molar-refractivity contribution in [3.8, 4) is 0 Å². The van der Waals surface area contributed by atoms with E-state index in [1.54, 1.807) is 11.9 Å². The van der Waals surface area contributed by atoms with Crippen LogP contribution in [0.4, 0.5) is 0 Å². The van der Waals surface area contributed by atoms with Crippen LogP contribution in [0.5, 0.6) is 0 Å². The maximum Gasteiger partial charge on any atom is 0.633 e. The fourth-order valence-corrected chi connectivity index (χ4v) is 2.57. The number of nitrogens with zero attached hydrogens (tertiary/aromatic N) is 5. The van der Waals surface area contributed by atoms with E-state index in [-0.39, 0.29) is 19.1 Å². The number of nitrogens with two attached hydrogens (primary N) is 1. The quantitative estimate of drug-likeness (QED) is 0.352. The second-order valence-corrected chi connectivity index (χ2v) is 6.23. The van der Waals surface area contributed by atoms with Crippen molar-refractivity contribution in [1.29, 1.82) is 0 Å². The highest BCUT2D eigenvalue weighted by atomic mass is 16.6. The zero-order chi connectivity index (χ0) is 19.6. The lowest BCUT2D eigenvalue weighted by atomic mass is 10.1. The van der Waals surface area contributed by atoms with E-state index >= 15 is 0 Å². The maximum absolute atomic E-state index is 12.5. The normalized spacial score (nSPS) is 12.0. The molecule has 0 aliphatic carbocycles. The molecule has 11 heteroatoms. The Morgan fingerprint density at radius 2 is 2.07 bits per heavy atom. The Labute approximate surface area is 158 Å². The highest BCUT2D eigenvalue weighted by Gasteiger charge is 2.19. The van der Waals surface area contributed by atoms with Crippen LogP contribution in [-0.4, -0.2) is 62.0 Å². The molecule has 1 atom stereocenters. The van der Waals surface area contributed by atoms with Crippen LogP contribution in [0.1, 0.15) is 36.7 Å². The van der Waals surface area contributed by atoms with Gasteiger partial charge in [0.15, 0.2) is 5.82 Å². The first-order valence-electron chi connectivity index (χ1n) is 8.74. The van der Waals surface area contributed by atoms with Crippen molar-refractivity contribution in [2.24, 2.45) is 5.73 Å². The van der Waals surface area contributed by atoms with Gasteiger partial charge in [0, 0.05) is 20.2 Å². The third-order valence-electron chi connectivity index (χ3n) is 4.04. The van der Waals surface area contributed by atoms with Gasteiger partial charge in [-0.15, -0.1) is 5.10 Å². The fourth-order valence-electron chi connectivity index (χ4n) is 2.57. The zero-order valence-corrected chi connectivity index (χ0v) is 15.3. The van der Waals surface area contributed by atoms with Gasteiger partial charge in [0.05, 0.1) is 6.04 Å². The van der Waals surface area contributed by atoms with Gasteiger partial charge in [-0.1, -0.05) is 30.3 Å². The van der Waals surface area contributed by atoms with E-state index in [2.05, 4.69) is 20.2 Å². The molecule has 1 unspecified atom stereocenters. The van der Waals surface area contributed by atoms with E-state index in [9.17, 15) is 4.79 Å². The SMILES string of the molecule is CN(Cc1ccccc1)C(=O)Cn1nnnc1C(N)CCCCOB(O)O. The number of hydrogen-bond acceptors (Lipinski definition) is 8. The molecule has 0 saturated heterocycles. The van der Waals surface area contributed by atoms with Crippen LogP contribution in [0.25, 0.3) is 0 Å². The van der Waals surface area contributed by atoms with E-state index < -0.39 is 13.4 Å². The zero-order valence-electron chi connectivity index (χ0n) is 15.3. The molecule has 1 aromatic heterocycles. The molecule has 1 aromatic carbocycles. The lowest BCUT2D eigenvalue weighted by Gasteiger charge is -2.18. The highest BCUT2D eigenvalue weighted by Crippen LogP contribution is 2.14. The third kappa shape index (κ3) is 7.06. The molecule has 1 amide bonds. The molecule has 1 heterocycles. The van der Waals surface area contributed by atoms with Crippen molar-refractivity contribution in [2.75, 3.05) is 13.7 Å². The molecular weight excluding hydrogens is 351 g/mol. The van der Waals surface area contributed by atoms with Gasteiger partial charge < -0.3 is 25.3 Å². The van der Waals surface area contributed by atoms with Gasteiger partial charge >= 0.3 is 7.32 Å². The Bertz CT molecular complexity index is 699. The molecule has 10 nitrogen and oxygen atoms in total. The van der Waals surface area contributed by atoms with Crippen LogP contribution in [0.15, 0.2) is 30.3 Å². The standard InChI is InChI=1S/C16H25BN6O4/c1-22(11-13-7-3-2-4-8-13)15(24)12-23-16(19-20-21-23)14(18)9-5-6-10-27-17(25)26/h2-4,7-8,14,25-26H,5-6,9-12,18H2,1H3. The van der Waals surface area contributed by atoms with Crippen LogP contribution in [-0.2, 0) is 22.5 Å². The Balaban J connectivity index is 1.83. The van der Waals surface area contributed by atoms with Gasteiger partial charge in [0.2, 0.25) is 5.91 Å². The van der Waals surface area contributed by atoms with Crippen molar-refractivity contribution < 1.29 is 19.5 Å². The number of likely N-dealkylation sites (N-methyl/N-ethyl adjacent to an activating group) is 1. The van der Waals surface area contributed by atoms with Crippen LogP contribution in [0, 0.1) is 0 Å². The number of tetrazole rings is 1. The average molecular weight is 376 g/mol. The first-order chi connectivity index (χ1) is 13.0. The Kier molecular flexibility index (Phi) is 8.33. The summed E-state index contributed by atoms with van der Waals surface area (Å²) in [7, 11) is -0.0284. The molecule has 0 saturated carbocycles. The minimum absolute atomic E-state index is 0.0131. The molecule has 27 heavy (non-hydrogen) atoms. The van der Waals surface area contributed by atoms with E-state index in [0.717, 1.165) is 5.56 Å². The third-order valence-corrected chi connectivity index (χ3v) is 4.04. The Morgan fingerprint density at radius 1 is 1.33 bits per heavy atom. The second kappa shape index (κ2) is 10.7. The maximum atomic E-state index is 12.5. The summed E-state index contributed by atoms with van der Waals surface area (Å²) in [5.74, 6) is 0.324. The van der Waals surface area contributed by atoms with Crippen LogP contribution < -0.4 is 5.73 Å². The first kappa shape index (κ1) is 21.0. The largest absolute Gasteiger partial charge is 0.633 e. The molecule has 0 radical (unpaired) electrons. The fraction of sp³-hybridized carbons (Fsp3) is 0.500. The van der Waals surface area contributed by atoms with Crippen molar-refractivity contribution in [2.45, 2.75) is 38.4 Å². The van der Waals surface area contributed by atoms with Crippen molar-refractivity contribution in [1.82, 2.24) is 25.1 Å². The highest BCUT2D eigenvalue weighted by molar-refractivity contribution is 6.32. The summed E-state index contributed by atoms with van der Waals surface area (Å²) in [6.45, 7) is 0.733. The number of carbonyl (C=O) groups excluding carboxylic acids is 1. The average Bonchev–Trinajstić information content (AvgIpc) is 3.10. The van der Waals surface area contributed by atoms with Gasteiger partial charge in [-0.2, -0.15) is 0 Å². The summed E-state index contributed by atoms with van der Waals surface area (Å²) >= 11 is 0. The van der Waals surface area contributed by atoms with E-state index in [4.69, 9.17) is 15.8 Å². The van der Waals surface area contributed by atoms with Gasteiger partial charge in [0.1, 0.15) is 6.54 Å². The molecule has 146 valence electrons. The molecule has 4 N–H and O–H groups in total. The van der Waals surface area contributed by atoms with Gasteiger partial charge in [-0.3, -0.25) is 4.79 Å². The Morgan fingerprint density at radius 3 is 2.78 bits per heavy atom. The van der Waals surface area contributed by atoms with Crippen LogP contribution in [0.2, 0.25) is 0 Å². The van der Waals surface area contributed by atoms with Gasteiger partial charge in [-0.05, 0) is 35.3 Å². The second-order valence-electron chi connectivity index (χ2n) is 6.23. The number of aromatic nitrogens is 4. The number of hydrogen-bond donors (Lipinski definition) is 3. The summed E-state index contributed by atoms with van der Waals surface area (Å²) in [6, 6.07) is 9.28. The lowest BCUT2D eigenvalue weighted by molar-refractivity contribution is -0.131. The number of amides is 1. The summed E-state index contributed by atoms with van der Waals surface area (Å²) in [4.78, 5) is 14.1. The predicted molar refractivity (Wildman–Crippen MR) is 97.7 cm³/mol. The number of carbonyl (C=O) groups is 1. The lowest BCUT2D eigenvalue weighted by Crippen LogP contribution is -2.31. The van der Waals surface area contributed by atoms with Crippen LogP contribution in [0.3, 0.4) is 0 Å². The number of benzene rings is 1. The van der Waals surface area contributed by atoms with Crippen molar-refractivity contribution in [3.63, 3.8) is 0 Å². The molecule has 2 aromatic rings. The summed E-state index contributed by atoms with van der Waals surface area (Å²) in [5, 5.41) is 28.7. The molecule has 0 spiro atoms. The molecule has 0 bridgehead atoms. The monoisotopic (exact) mass is 376 g/mol. The van der Waals surface area contributed by atoms with Crippen molar-refractivity contribution >= 4 is 13.2 Å². The topological polar surface area (TPSA) is 140 Å². The van der Waals surface area contributed by atoms with Crippen LogP contribution >= 0.6 is 0 Å². The van der Waals surface area contributed by atoms with Gasteiger partial charge in [-0.25, -0.2) is 4.68 Å². The molecule has 0 aliphatic heterocycles. The molecular formula is C16H25BN6O4. The molecule has 0 aliphatic rings. The minimum atomic E-state index is -1.76. The number of unbranched alkanes of at least 4 members (excludes halogenated alkanes) is 1. The Hall–Kier alpha value is -2.34. The molecule has 0 fully saturated rings. The number of rotatable bonds is 11. The van der Waals surface area contributed by atoms with E-state index in [1.807, 2.05) is 30.3 Å². The van der Waals surface area contributed by atoms with Crippen molar-refractivity contribution in [3.05, 3.63) is 41.7 Å². The first-order valence-corrected chi connectivity index (χ1v) is 8.74. The summed E-state index contributed by atoms with van der Waals surface area (Å²) in [5.41, 5.74) is 7.17. The smallest absolute Gasteiger partial charge is 0.402 e. The van der Waals surface area contributed by atoms with E-state index in [1.165, 1.54) is 4.68 Å². The summed E-state index contributed by atoms with van der Waals surface area (Å²) in [6.07, 6.45) is 1.90. The molecule has 2 rings (SSSR count). The van der Waals surface area contributed by atoms with Gasteiger partial charge in [0.25, 0.3) is 0 Å².